The van der Waals surface area contributed by atoms with Crippen molar-refractivity contribution in [3.8, 4) is 0 Å². The Labute approximate surface area is 190 Å². The average molecular weight is 463 g/mol. The number of carbonyl (C=O) groups is 2. The highest BCUT2D eigenvalue weighted by Crippen LogP contribution is 2.25. The van der Waals surface area contributed by atoms with Crippen molar-refractivity contribution in [2.75, 3.05) is 25.0 Å². The molecule has 2 aliphatic heterocycles. The van der Waals surface area contributed by atoms with Crippen LogP contribution in [0.4, 0.5) is 5.69 Å². The maximum absolute atomic E-state index is 12.8. The fourth-order valence-corrected chi connectivity index (χ4v) is 5.07. The molecule has 2 aliphatic rings. The number of rotatable bonds is 4. The van der Waals surface area contributed by atoms with Crippen molar-refractivity contribution in [1.82, 2.24) is 9.62 Å². The van der Waals surface area contributed by atoms with Crippen molar-refractivity contribution in [3.63, 3.8) is 0 Å². The summed E-state index contributed by atoms with van der Waals surface area (Å²) in [5.41, 5.74) is 0.0517. The van der Waals surface area contributed by atoms with Gasteiger partial charge in [0.25, 0.3) is 10.0 Å². The number of anilines is 1. The van der Waals surface area contributed by atoms with Gasteiger partial charge >= 0.3 is 0 Å². The zero-order valence-corrected chi connectivity index (χ0v) is 20.0. The lowest BCUT2D eigenvalue weighted by Crippen LogP contribution is -2.47. The van der Waals surface area contributed by atoms with E-state index in [4.69, 9.17) is 0 Å². The molecule has 32 heavy (non-hydrogen) atoms. The lowest BCUT2D eigenvalue weighted by atomic mass is 9.91. The molecular weight excluding hydrogens is 428 g/mol. The molecule has 1 fully saturated rings. The fraction of sp³-hybridized carbons (Fsp3) is 0.609. The number of carbonyl (C=O) groups excluding carboxylic acids is 2. The molecule has 2 amide bonds. The second-order valence-electron chi connectivity index (χ2n) is 9.60. The van der Waals surface area contributed by atoms with E-state index in [-0.39, 0.29) is 22.6 Å². The van der Waals surface area contributed by atoms with Crippen LogP contribution in [0.3, 0.4) is 0 Å². The van der Waals surface area contributed by atoms with Crippen LogP contribution < -0.4 is 10.0 Å². The molecule has 8 nitrogen and oxygen atoms in total. The van der Waals surface area contributed by atoms with Crippen molar-refractivity contribution >= 4 is 33.4 Å². The monoisotopic (exact) mass is 462 g/mol. The normalized spacial score (nSPS) is 20.2. The van der Waals surface area contributed by atoms with E-state index < -0.39 is 15.4 Å². The minimum absolute atomic E-state index is 0.0512. The van der Waals surface area contributed by atoms with Gasteiger partial charge < -0.3 is 10.2 Å². The predicted octanol–water partition coefficient (Wildman–Crippen LogP) is 3.16. The van der Waals surface area contributed by atoms with Gasteiger partial charge in [-0.3, -0.25) is 19.3 Å². The Morgan fingerprint density at radius 2 is 1.78 bits per heavy atom. The Morgan fingerprint density at radius 3 is 2.47 bits per heavy atom. The zero-order valence-electron chi connectivity index (χ0n) is 19.2. The van der Waals surface area contributed by atoms with Crippen LogP contribution in [0, 0.1) is 11.3 Å². The number of nitrogens with zero attached hydrogens (tertiary/aromatic N) is 2. The van der Waals surface area contributed by atoms with Crippen LogP contribution in [0.25, 0.3) is 0 Å². The van der Waals surface area contributed by atoms with Gasteiger partial charge in [0.1, 0.15) is 5.84 Å². The summed E-state index contributed by atoms with van der Waals surface area (Å²) in [4.78, 5) is 31.5. The molecule has 0 radical (unpaired) electrons. The van der Waals surface area contributed by atoms with E-state index >= 15 is 0 Å². The number of benzene rings is 1. The first-order chi connectivity index (χ1) is 15.1. The number of sulfonamides is 1. The number of likely N-dealkylation sites (tertiary alicyclic amines) is 1. The van der Waals surface area contributed by atoms with Crippen molar-refractivity contribution < 1.29 is 18.0 Å². The van der Waals surface area contributed by atoms with E-state index in [9.17, 15) is 18.0 Å². The molecule has 0 aromatic heterocycles. The Morgan fingerprint density at radius 1 is 1.06 bits per heavy atom. The first kappa shape index (κ1) is 24.2. The third-order valence-corrected chi connectivity index (χ3v) is 7.18. The van der Waals surface area contributed by atoms with Crippen molar-refractivity contribution in [2.24, 2.45) is 16.3 Å². The van der Waals surface area contributed by atoms with Crippen molar-refractivity contribution in [2.45, 2.75) is 64.2 Å². The van der Waals surface area contributed by atoms with Crippen molar-refractivity contribution in [1.29, 1.82) is 0 Å². The molecule has 2 N–H and O–H groups in total. The summed E-state index contributed by atoms with van der Waals surface area (Å²) in [6.45, 7) is 7.36. The second-order valence-corrected chi connectivity index (χ2v) is 11.3. The third kappa shape index (κ3) is 6.31. The van der Waals surface area contributed by atoms with Gasteiger partial charge in [-0.1, -0.05) is 27.2 Å². The fourth-order valence-electron chi connectivity index (χ4n) is 3.98. The Kier molecular flexibility index (Phi) is 7.59. The quantitative estimate of drug-likeness (QED) is 0.716. The molecule has 1 atom stereocenters. The Bertz CT molecular complexity index is 965. The molecule has 0 saturated carbocycles. The maximum Gasteiger partial charge on any atom is 0.262 e. The van der Waals surface area contributed by atoms with Crippen LogP contribution in [0.1, 0.15) is 59.3 Å². The summed E-state index contributed by atoms with van der Waals surface area (Å²) in [5, 5.41) is 2.86. The molecule has 0 bridgehead atoms. The van der Waals surface area contributed by atoms with Crippen LogP contribution in [-0.2, 0) is 19.6 Å². The SMILES string of the molecule is CC(C)(C)C(=O)N1CCCC(C(=O)Nc2ccc(S(=O)(=O)NC3=NCCCCC3)cc2)C1. The van der Waals surface area contributed by atoms with E-state index in [1.54, 1.807) is 17.0 Å². The van der Waals surface area contributed by atoms with Crippen molar-refractivity contribution in [3.05, 3.63) is 24.3 Å². The molecule has 0 aliphatic carbocycles. The van der Waals surface area contributed by atoms with E-state index in [1.165, 1.54) is 12.1 Å². The summed E-state index contributed by atoms with van der Waals surface area (Å²) in [7, 11) is -3.71. The molecule has 2 heterocycles. The number of amides is 2. The number of hydrogen-bond donors (Lipinski definition) is 2. The molecule has 1 aromatic carbocycles. The molecule has 3 rings (SSSR count). The third-order valence-electron chi connectivity index (χ3n) is 5.78. The Hall–Kier alpha value is -2.42. The minimum atomic E-state index is -3.71. The predicted molar refractivity (Wildman–Crippen MR) is 125 cm³/mol. The molecular formula is C23H34N4O4S. The van der Waals surface area contributed by atoms with Crippen LogP contribution >= 0.6 is 0 Å². The van der Waals surface area contributed by atoms with Gasteiger partial charge in [0.2, 0.25) is 11.8 Å². The highest BCUT2D eigenvalue weighted by atomic mass is 32.2. The lowest BCUT2D eigenvalue weighted by Gasteiger charge is -2.35. The molecule has 1 aromatic rings. The topological polar surface area (TPSA) is 108 Å². The molecule has 176 valence electrons. The highest BCUT2D eigenvalue weighted by molar-refractivity contribution is 7.90. The standard InChI is InChI=1S/C23H34N4O4S/c1-23(2,3)22(29)27-15-7-8-17(16-27)21(28)25-18-10-12-19(13-11-18)32(30,31)26-20-9-5-4-6-14-24-20/h10-13,17H,4-9,14-16H2,1-3H3,(H,24,26)(H,25,28). The van der Waals surface area contributed by atoms with E-state index in [2.05, 4.69) is 15.0 Å². The summed E-state index contributed by atoms with van der Waals surface area (Å²) >= 11 is 0. The van der Waals surface area contributed by atoms with E-state index in [1.807, 2.05) is 20.8 Å². The lowest BCUT2D eigenvalue weighted by molar-refractivity contribution is -0.142. The summed E-state index contributed by atoms with van der Waals surface area (Å²) in [6, 6.07) is 6.13. The van der Waals surface area contributed by atoms with Crippen LogP contribution in [0.2, 0.25) is 0 Å². The maximum atomic E-state index is 12.8. The van der Waals surface area contributed by atoms with E-state index in [0.29, 0.717) is 37.6 Å². The van der Waals surface area contributed by atoms with Gasteiger partial charge in [0, 0.05) is 37.2 Å². The molecule has 1 saturated heterocycles. The largest absolute Gasteiger partial charge is 0.341 e. The summed E-state index contributed by atoms with van der Waals surface area (Å²) in [5.74, 6) is 0.119. The molecule has 9 heteroatoms. The molecule has 1 unspecified atom stereocenters. The van der Waals surface area contributed by atoms with Gasteiger partial charge in [-0.2, -0.15) is 0 Å². The number of aliphatic imine (C=N–C) groups is 1. The smallest absolute Gasteiger partial charge is 0.262 e. The number of piperidine rings is 1. The van der Waals surface area contributed by atoms with Gasteiger partial charge in [0.15, 0.2) is 0 Å². The van der Waals surface area contributed by atoms with Crippen LogP contribution in [0.15, 0.2) is 34.2 Å². The summed E-state index contributed by atoms with van der Waals surface area (Å²) in [6.07, 6.45) is 5.08. The first-order valence-corrected chi connectivity index (χ1v) is 12.8. The number of hydrogen-bond acceptors (Lipinski definition) is 5. The van der Waals surface area contributed by atoms with Gasteiger partial charge in [-0.05, 0) is 49.9 Å². The van der Waals surface area contributed by atoms with Crippen LogP contribution in [0.5, 0.6) is 0 Å². The van der Waals surface area contributed by atoms with Crippen LogP contribution in [-0.4, -0.2) is 50.6 Å². The first-order valence-electron chi connectivity index (χ1n) is 11.3. The summed E-state index contributed by atoms with van der Waals surface area (Å²) < 4.78 is 27.9. The van der Waals surface area contributed by atoms with Gasteiger partial charge in [0.05, 0.1) is 10.8 Å². The second kappa shape index (κ2) is 10.0. The molecule has 0 spiro atoms. The zero-order chi connectivity index (χ0) is 23.4. The average Bonchev–Trinajstić information content (AvgIpc) is 3.01. The number of amidine groups is 1. The Balaban J connectivity index is 1.60. The van der Waals surface area contributed by atoms with Gasteiger partial charge in [-0.15, -0.1) is 0 Å². The minimum Gasteiger partial charge on any atom is -0.341 e. The highest BCUT2D eigenvalue weighted by Gasteiger charge is 2.33. The van der Waals surface area contributed by atoms with Gasteiger partial charge in [-0.25, -0.2) is 8.42 Å². The van der Waals surface area contributed by atoms with E-state index in [0.717, 1.165) is 32.1 Å². The number of nitrogens with one attached hydrogen (secondary N) is 2.